The van der Waals surface area contributed by atoms with Crippen molar-refractivity contribution in [3.63, 3.8) is 0 Å². The maximum Gasteiger partial charge on any atom is 0.150 e. The Labute approximate surface area is 156 Å². The van der Waals surface area contributed by atoms with Gasteiger partial charge in [0.2, 0.25) is 0 Å². The molecule has 2 aliphatic carbocycles. The van der Waals surface area contributed by atoms with Crippen LogP contribution < -0.4 is 5.32 Å². The van der Waals surface area contributed by atoms with Crippen molar-refractivity contribution in [3.8, 4) is 5.75 Å². The average Bonchev–Trinajstić information content (AvgIpc) is 3.55. The van der Waals surface area contributed by atoms with Crippen molar-refractivity contribution < 1.29 is 10.2 Å². The molecule has 0 saturated heterocycles. The topological polar surface area (TPSA) is 52.5 Å². The first-order valence-corrected chi connectivity index (χ1v) is 9.91. The van der Waals surface area contributed by atoms with E-state index in [0.717, 1.165) is 22.4 Å². The van der Waals surface area contributed by atoms with Crippen molar-refractivity contribution in [2.75, 3.05) is 5.32 Å². The lowest BCUT2D eigenvalue weighted by atomic mass is 9.87. The Hall–Kier alpha value is -2.00. The van der Waals surface area contributed by atoms with Gasteiger partial charge in [0.05, 0.1) is 0 Å². The largest absolute Gasteiger partial charge is 0.507 e. The van der Waals surface area contributed by atoms with Crippen LogP contribution in [0.1, 0.15) is 74.3 Å². The third-order valence-corrected chi connectivity index (χ3v) is 6.23. The summed E-state index contributed by atoms with van der Waals surface area (Å²) in [6.45, 7) is 4.44. The summed E-state index contributed by atoms with van der Waals surface area (Å²) >= 11 is 0. The van der Waals surface area contributed by atoms with Crippen molar-refractivity contribution in [2.45, 2.75) is 57.6 Å². The van der Waals surface area contributed by atoms with Crippen LogP contribution in [-0.4, -0.2) is 10.2 Å². The van der Waals surface area contributed by atoms with E-state index < -0.39 is 6.23 Å². The molecule has 2 aromatic rings. The van der Waals surface area contributed by atoms with Gasteiger partial charge in [-0.1, -0.05) is 44.2 Å². The van der Waals surface area contributed by atoms with Gasteiger partial charge < -0.3 is 15.5 Å². The van der Waals surface area contributed by atoms with Gasteiger partial charge in [-0.05, 0) is 72.6 Å². The smallest absolute Gasteiger partial charge is 0.150 e. The summed E-state index contributed by atoms with van der Waals surface area (Å²) < 4.78 is 0. The SMILES string of the molecule is C[C@@H](c1cc(NC(O)c2ccccc2)cc([C@H](C)C2CC2)c1O)C1CC1. The number of benzene rings is 2. The molecular weight excluding hydrogens is 322 g/mol. The lowest BCUT2D eigenvalue weighted by Gasteiger charge is -2.23. The summed E-state index contributed by atoms with van der Waals surface area (Å²) in [4.78, 5) is 0. The highest BCUT2D eigenvalue weighted by Gasteiger charge is 2.34. The van der Waals surface area contributed by atoms with Crippen molar-refractivity contribution in [2.24, 2.45) is 11.8 Å². The predicted octanol–water partition coefficient (Wildman–Crippen LogP) is 5.52. The Bertz CT molecular complexity index is 726. The Morgan fingerprint density at radius 3 is 1.85 bits per heavy atom. The standard InChI is InChI=1S/C23H29NO2/c1-14(16-8-9-16)20-12-19(24-23(26)18-6-4-3-5-7-18)13-21(22(20)25)15(2)17-10-11-17/h3-7,12-17,23-26H,8-11H2,1-2H3/t14-,15-,23?/m1/s1. The lowest BCUT2D eigenvalue weighted by molar-refractivity contribution is 0.208. The zero-order valence-electron chi connectivity index (χ0n) is 15.7. The van der Waals surface area contributed by atoms with E-state index in [1.807, 2.05) is 42.5 Å². The number of rotatable bonds is 7. The fraction of sp³-hybridized carbons (Fsp3) is 0.478. The summed E-state index contributed by atoms with van der Waals surface area (Å²) in [6.07, 6.45) is 4.24. The number of phenolic OH excluding ortho intramolecular Hbond substituents is 1. The number of anilines is 1. The molecule has 2 saturated carbocycles. The molecule has 3 heteroatoms. The van der Waals surface area contributed by atoms with Crippen LogP contribution in [0.4, 0.5) is 5.69 Å². The average molecular weight is 351 g/mol. The number of aliphatic hydroxyl groups is 1. The maximum absolute atomic E-state index is 11.0. The molecule has 0 bridgehead atoms. The molecule has 0 spiro atoms. The van der Waals surface area contributed by atoms with Crippen LogP contribution in [0.15, 0.2) is 42.5 Å². The molecule has 26 heavy (non-hydrogen) atoms. The zero-order chi connectivity index (χ0) is 18.3. The highest BCUT2D eigenvalue weighted by Crippen LogP contribution is 2.50. The molecule has 2 fully saturated rings. The molecule has 0 aliphatic heterocycles. The van der Waals surface area contributed by atoms with Gasteiger partial charge in [0.25, 0.3) is 0 Å². The van der Waals surface area contributed by atoms with E-state index in [4.69, 9.17) is 0 Å². The number of aliphatic hydroxyl groups excluding tert-OH is 1. The van der Waals surface area contributed by atoms with E-state index >= 15 is 0 Å². The van der Waals surface area contributed by atoms with Gasteiger partial charge in [0.1, 0.15) is 5.75 Å². The first-order valence-electron chi connectivity index (χ1n) is 9.91. The van der Waals surface area contributed by atoms with E-state index in [1.165, 1.54) is 25.7 Å². The summed E-state index contributed by atoms with van der Waals surface area (Å²) in [5.74, 6) is 2.55. The van der Waals surface area contributed by atoms with E-state index in [1.54, 1.807) is 0 Å². The molecule has 2 aromatic carbocycles. The van der Waals surface area contributed by atoms with Crippen molar-refractivity contribution in [1.82, 2.24) is 0 Å². The Kier molecular flexibility index (Phi) is 4.66. The van der Waals surface area contributed by atoms with Gasteiger partial charge >= 0.3 is 0 Å². The number of nitrogens with one attached hydrogen (secondary N) is 1. The van der Waals surface area contributed by atoms with E-state index in [2.05, 4.69) is 19.2 Å². The van der Waals surface area contributed by atoms with Crippen LogP contribution >= 0.6 is 0 Å². The zero-order valence-corrected chi connectivity index (χ0v) is 15.7. The minimum absolute atomic E-state index is 0.357. The minimum atomic E-state index is -0.756. The van der Waals surface area contributed by atoms with Crippen LogP contribution in [0.2, 0.25) is 0 Å². The summed E-state index contributed by atoms with van der Waals surface area (Å²) in [7, 11) is 0. The molecule has 0 radical (unpaired) electrons. The van der Waals surface area contributed by atoms with Gasteiger partial charge in [-0.15, -0.1) is 0 Å². The molecule has 3 atom stereocenters. The second-order valence-electron chi connectivity index (χ2n) is 8.21. The molecule has 3 N–H and O–H groups in total. The second-order valence-corrected chi connectivity index (χ2v) is 8.21. The molecule has 3 nitrogen and oxygen atoms in total. The highest BCUT2D eigenvalue weighted by molar-refractivity contribution is 5.58. The number of hydrogen-bond donors (Lipinski definition) is 3. The quantitative estimate of drug-likeness (QED) is 0.454. The number of hydrogen-bond acceptors (Lipinski definition) is 3. The maximum atomic E-state index is 11.0. The van der Waals surface area contributed by atoms with Crippen LogP contribution in [0.3, 0.4) is 0 Å². The molecular formula is C23H29NO2. The van der Waals surface area contributed by atoms with Crippen molar-refractivity contribution in [3.05, 3.63) is 59.2 Å². The van der Waals surface area contributed by atoms with Crippen molar-refractivity contribution >= 4 is 5.69 Å². The van der Waals surface area contributed by atoms with E-state index in [-0.39, 0.29) is 0 Å². The predicted molar refractivity (Wildman–Crippen MR) is 105 cm³/mol. The fourth-order valence-electron chi connectivity index (χ4n) is 4.03. The number of aromatic hydroxyl groups is 1. The van der Waals surface area contributed by atoms with Crippen molar-refractivity contribution in [1.29, 1.82) is 0 Å². The second kappa shape index (κ2) is 6.96. The monoisotopic (exact) mass is 351 g/mol. The molecule has 0 heterocycles. The van der Waals surface area contributed by atoms with Crippen LogP contribution in [0.5, 0.6) is 5.75 Å². The first kappa shape index (κ1) is 17.4. The first-order chi connectivity index (χ1) is 12.5. The fourth-order valence-corrected chi connectivity index (χ4v) is 4.03. The molecule has 4 rings (SSSR count). The third-order valence-electron chi connectivity index (χ3n) is 6.23. The van der Waals surface area contributed by atoms with Crippen LogP contribution in [0, 0.1) is 11.8 Å². The molecule has 0 amide bonds. The summed E-state index contributed by atoms with van der Waals surface area (Å²) in [6, 6.07) is 13.7. The van der Waals surface area contributed by atoms with Gasteiger partial charge in [0, 0.05) is 11.3 Å². The van der Waals surface area contributed by atoms with Gasteiger partial charge in [-0.3, -0.25) is 0 Å². The number of phenols is 1. The van der Waals surface area contributed by atoms with Crippen LogP contribution in [0.25, 0.3) is 0 Å². The lowest BCUT2D eigenvalue weighted by Crippen LogP contribution is -2.11. The normalized spacial score (nSPS) is 20.4. The van der Waals surface area contributed by atoms with Gasteiger partial charge in [-0.25, -0.2) is 0 Å². The van der Waals surface area contributed by atoms with E-state index in [9.17, 15) is 10.2 Å². The van der Waals surface area contributed by atoms with Crippen LogP contribution in [-0.2, 0) is 0 Å². The Balaban J connectivity index is 1.66. The Morgan fingerprint density at radius 2 is 1.38 bits per heavy atom. The molecule has 1 unspecified atom stereocenters. The molecule has 2 aliphatic rings. The molecule has 138 valence electrons. The minimum Gasteiger partial charge on any atom is -0.507 e. The van der Waals surface area contributed by atoms with Gasteiger partial charge in [-0.2, -0.15) is 0 Å². The Morgan fingerprint density at radius 1 is 0.885 bits per heavy atom. The molecule has 0 aromatic heterocycles. The third kappa shape index (κ3) is 3.59. The van der Waals surface area contributed by atoms with Gasteiger partial charge in [0.15, 0.2) is 6.23 Å². The van der Waals surface area contributed by atoms with E-state index in [0.29, 0.717) is 29.4 Å². The summed E-state index contributed by atoms with van der Waals surface area (Å²) in [5, 5.41) is 24.8. The summed E-state index contributed by atoms with van der Waals surface area (Å²) in [5.41, 5.74) is 3.79. The highest BCUT2D eigenvalue weighted by atomic mass is 16.3.